The number of thiophene rings is 1. The number of para-hydroxylation sites is 1. The molecule has 5 heteroatoms. The van der Waals surface area contributed by atoms with E-state index in [1.807, 2.05) is 78.7 Å². The van der Waals surface area contributed by atoms with Crippen molar-refractivity contribution in [3.63, 3.8) is 0 Å². The molecule has 0 aliphatic heterocycles. The topological polar surface area (TPSA) is 39.0 Å². The summed E-state index contributed by atoms with van der Waals surface area (Å²) in [6.45, 7) is 10.6. The highest BCUT2D eigenvalue weighted by molar-refractivity contribution is 7.81. The molecule has 0 aliphatic rings. The first kappa shape index (κ1) is 21.2. The Hall–Kier alpha value is -2.50. The Balaban J connectivity index is 2.07. The second-order valence-electron chi connectivity index (χ2n) is 8.12. The number of nitrogens with one attached hydrogen (secondary N) is 1. The van der Waals surface area contributed by atoms with Gasteiger partial charge in [0.1, 0.15) is 0 Å². The molecule has 150 valence electrons. The Morgan fingerprint density at radius 1 is 1.00 bits per heavy atom. The lowest BCUT2D eigenvalue weighted by Gasteiger charge is -2.19. The van der Waals surface area contributed by atoms with Crippen LogP contribution in [0.5, 0.6) is 0 Å². The number of hydrogen-bond donors (Lipinski definition) is 1. The number of aryl methyl sites for hydroxylation is 2. The average Bonchev–Trinajstić information content (AvgIpc) is 3.19. The molecule has 0 spiro atoms. The molecule has 2 heterocycles. The van der Waals surface area contributed by atoms with E-state index in [-0.39, 0.29) is 11.2 Å². The van der Waals surface area contributed by atoms with Gasteiger partial charge >= 0.3 is 0 Å². The van der Waals surface area contributed by atoms with E-state index in [0.29, 0.717) is 15.6 Å². The van der Waals surface area contributed by atoms with E-state index in [9.17, 15) is 5.11 Å². The highest BCUT2D eigenvalue weighted by Crippen LogP contribution is 2.25. The normalized spacial score (nSPS) is 12.4. The number of benzene rings is 1. The molecule has 0 saturated heterocycles. The zero-order valence-corrected chi connectivity index (χ0v) is 19.1. The van der Waals surface area contributed by atoms with Gasteiger partial charge in [-0.1, -0.05) is 57.3 Å². The van der Waals surface area contributed by atoms with E-state index in [1.165, 1.54) is 16.9 Å². The molecule has 0 atom stereocenters. The van der Waals surface area contributed by atoms with Crippen molar-refractivity contribution in [1.29, 1.82) is 0 Å². The Morgan fingerprint density at radius 3 is 2.14 bits per heavy atom. The van der Waals surface area contributed by atoms with Gasteiger partial charge in [0.2, 0.25) is 5.70 Å². The Bertz CT molecular complexity index is 1020. The first-order chi connectivity index (χ1) is 13.7. The summed E-state index contributed by atoms with van der Waals surface area (Å²) in [6, 6.07) is 13.9. The number of pyridine rings is 1. The van der Waals surface area contributed by atoms with Crippen LogP contribution in [0.1, 0.15) is 42.3 Å². The summed E-state index contributed by atoms with van der Waals surface area (Å²) in [5.74, 6) is -0.0859. The zero-order chi connectivity index (χ0) is 21.2. The molecule has 3 rings (SSSR count). The molecule has 0 fully saturated rings. The number of thiocarbonyl (C=S) groups is 1. The van der Waals surface area contributed by atoms with Gasteiger partial charge in [-0.2, -0.15) is 4.57 Å². The van der Waals surface area contributed by atoms with Crippen LogP contribution in [0.2, 0.25) is 0 Å². The molecule has 0 bridgehead atoms. The smallest absolute Gasteiger partial charge is 0.239 e. The fraction of sp³-hybridized carbons (Fsp3) is 0.250. The highest BCUT2D eigenvalue weighted by atomic mass is 32.1. The van der Waals surface area contributed by atoms with E-state index < -0.39 is 0 Å². The minimum Gasteiger partial charge on any atom is -0.867 e. The molecule has 3 aromatic rings. The van der Waals surface area contributed by atoms with Crippen molar-refractivity contribution in [3.05, 3.63) is 81.8 Å². The fourth-order valence-electron chi connectivity index (χ4n) is 3.12. The number of anilines is 1. The van der Waals surface area contributed by atoms with Gasteiger partial charge in [0, 0.05) is 22.7 Å². The van der Waals surface area contributed by atoms with E-state index in [0.717, 1.165) is 16.8 Å². The number of nitrogens with zero attached hydrogens (tertiary/aromatic N) is 1. The van der Waals surface area contributed by atoms with Crippen molar-refractivity contribution in [2.75, 3.05) is 5.32 Å². The van der Waals surface area contributed by atoms with Crippen LogP contribution in [0.4, 0.5) is 5.69 Å². The first-order valence-electron chi connectivity index (χ1n) is 9.53. The Labute approximate surface area is 182 Å². The molecule has 0 unspecified atom stereocenters. The summed E-state index contributed by atoms with van der Waals surface area (Å²) in [6.07, 6.45) is 3.83. The van der Waals surface area contributed by atoms with Crippen LogP contribution in [0.15, 0.2) is 60.2 Å². The Kier molecular flexibility index (Phi) is 6.20. The molecular formula is C24H26N2OS2. The predicted octanol–water partition coefficient (Wildman–Crippen LogP) is 5.08. The lowest BCUT2D eigenvalue weighted by atomic mass is 9.88. The maximum atomic E-state index is 13.3. The van der Waals surface area contributed by atoms with Gasteiger partial charge in [0.05, 0.1) is 0 Å². The minimum absolute atomic E-state index is 0.0357. The molecule has 0 saturated carbocycles. The fourth-order valence-corrected chi connectivity index (χ4v) is 4.09. The molecule has 0 amide bonds. The van der Waals surface area contributed by atoms with Gasteiger partial charge in [0.15, 0.2) is 17.4 Å². The molecule has 2 aromatic heterocycles. The van der Waals surface area contributed by atoms with Gasteiger partial charge in [-0.3, -0.25) is 0 Å². The van der Waals surface area contributed by atoms with Crippen molar-refractivity contribution in [2.45, 2.75) is 40.0 Å². The SMILES string of the molecule is Cc1cccc(C)c1NC(=S)C(=C([O-])c1cccs1)[n+]1ccc(C(C)(C)C)cc1. The van der Waals surface area contributed by atoms with E-state index >= 15 is 0 Å². The van der Waals surface area contributed by atoms with Crippen molar-refractivity contribution in [1.82, 2.24) is 0 Å². The van der Waals surface area contributed by atoms with Crippen molar-refractivity contribution in [3.8, 4) is 0 Å². The maximum Gasteiger partial charge on any atom is 0.239 e. The number of rotatable bonds is 4. The molecule has 0 aliphatic carbocycles. The summed E-state index contributed by atoms with van der Waals surface area (Å²) < 4.78 is 1.82. The summed E-state index contributed by atoms with van der Waals surface area (Å²) in [4.78, 5) is 1.08. The lowest BCUT2D eigenvalue weighted by Crippen LogP contribution is -2.40. The third kappa shape index (κ3) is 4.74. The zero-order valence-electron chi connectivity index (χ0n) is 17.4. The second kappa shape index (κ2) is 8.47. The quantitative estimate of drug-likeness (QED) is 0.276. The molecule has 3 nitrogen and oxygen atoms in total. The maximum absolute atomic E-state index is 13.3. The molecular weight excluding hydrogens is 396 g/mol. The van der Waals surface area contributed by atoms with Crippen LogP contribution in [0.25, 0.3) is 11.5 Å². The minimum atomic E-state index is -0.0859. The average molecular weight is 423 g/mol. The van der Waals surface area contributed by atoms with Crippen LogP contribution >= 0.6 is 23.6 Å². The largest absolute Gasteiger partial charge is 0.867 e. The number of aromatic nitrogens is 1. The summed E-state index contributed by atoms with van der Waals surface area (Å²) in [5.41, 5.74) is 4.80. The molecule has 1 aromatic carbocycles. The van der Waals surface area contributed by atoms with E-state index in [4.69, 9.17) is 12.2 Å². The summed E-state index contributed by atoms with van der Waals surface area (Å²) in [5, 5.41) is 18.5. The summed E-state index contributed by atoms with van der Waals surface area (Å²) >= 11 is 7.15. The Morgan fingerprint density at radius 2 is 1.62 bits per heavy atom. The second-order valence-corrected chi connectivity index (χ2v) is 9.48. The van der Waals surface area contributed by atoms with Crippen LogP contribution in [-0.2, 0) is 5.41 Å². The standard InChI is InChI=1S/C24H26N2OS2/c1-16-8-6-9-17(2)20(16)25-23(28)21(22(27)19-10-7-15-29-19)26-13-11-18(12-14-26)24(3,4)5/h6-15H,1-5H3,(H-,25,27,28). The van der Waals surface area contributed by atoms with E-state index in [1.54, 1.807) is 0 Å². The third-order valence-electron chi connectivity index (χ3n) is 4.85. The van der Waals surface area contributed by atoms with Crippen molar-refractivity contribution < 1.29 is 9.67 Å². The lowest BCUT2D eigenvalue weighted by molar-refractivity contribution is -0.577. The van der Waals surface area contributed by atoms with Crippen LogP contribution in [0.3, 0.4) is 0 Å². The monoisotopic (exact) mass is 422 g/mol. The van der Waals surface area contributed by atoms with Crippen LogP contribution in [-0.4, -0.2) is 4.99 Å². The van der Waals surface area contributed by atoms with E-state index in [2.05, 4.69) is 26.1 Å². The third-order valence-corrected chi connectivity index (χ3v) is 6.01. The van der Waals surface area contributed by atoms with Gasteiger partial charge in [-0.05, 0) is 53.2 Å². The van der Waals surface area contributed by atoms with Crippen LogP contribution < -0.4 is 15.0 Å². The summed E-state index contributed by atoms with van der Waals surface area (Å²) in [7, 11) is 0. The van der Waals surface area contributed by atoms with Gasteiger partial charge in [-0.15, -0.1) is 11.3 Å². The van der Waals surface area contributed by atoms with Gasteiger partial charge in [0.25, 0.3) is 0 Å². The highest BCUT2D eigenvalue weighted by Gasteiger charge is 2.22. The molecule has 0 radical (unpaired) electrons. The van der Waals surface area contributed by atoms with Gasteiger partial charge in [-0.25, -0.2) is 0 Å². The molecule has 1 N–H and O–H groups in total. The van der Waals surface area contributed by atoms with Gasteiger partial charge < -0.3 is 10.4 Å². The van der Waals surface area contributed by atoms with Crippen molar-refractivity contribution in [2.24, 2.45) is 0 Å². The predicted molar refractivity (Wildman–Crippen MR) is 125 cm³/mol. The first-order valence-corrected chi connectivity index (χ1v) is 10.8. The van der Waals surface area contributed by atoms with Crippen molar-refractivity contribution >= 4 is 45.7 Å². The number of hydrogen-bond acceptors (Lipinski definition) is 3. The molecule has 29 heavy (non-hydrogen) atoms. The van der Waals surface area contributed by atoms with Crippen LogP contribution in [0, 0.1) is 13.8 Å².